The first-order chi connectivity index (χ1) is 10.2. The van der Waals surface area contributed by atoms with Crippen LogP contribution in [0.1, 0.15) is 51.0 Å². The number of unbranched alkanes of at least 4 members (excludes halogenated alkanes) is 4. The summed E-state index contributed by atoms with van der Waals surface area (Å²) in [5.74, 6) is -0.670. The van der Waals surface area contributed by atoms with Gasteiger partial charge in [0.15, 0.2) is 0 Å². The summed E-state index contributed by atoms with van der Waals surface area (Å²) < 4.78 is 6.52. The molecule has 3 nitrogen and oxygen atoms in total. The summed E-state index contributed by atoms with van der Waals surface area (Å²) in [5.41, 5.74) is 1.45. The van der Waals surface area contributed by atoms with E-state index in [0.717, 1.165) is 12.8 Å². The fraction of sp³-hybridized carbons (Fsp3) is 0.588. The van der Waals surface area contributed by atoms with Gasteiger partial charge in [-0.2, -0.15) is 0 Å². The topological polar surface area (TPSA) is 46.5 Å². The van der Waals surface area contributed by atoms with Gasteiger partial charge in [0.1, 0.15) is 0 Å². The van der Waals surface area contributed by atoms with E-state index < -0.39 is 31.0 Å². The average molecular weight is 481 g/mol. The van der Waals surface area contributed by atoms with E-state index in [4.69, 9.17) is 7.75 Å². The Bertz CT molecular complexity index is 341. The van der Waals surface area contributed by atoms with Crippen molar-refractivity contribution < 1.29 is 37.6 Å². The van der Waals surface area contributed by atoms with Crippen LogP contribution in [0.3, 0.4) is 0 Å². The van der Waals surface area contributed by atoms with Gasteiger partial charge in [0.2, 0.25) is 0 Å². The first-order valence-corrected chi connectivity index (χ1v) is 14.1. The quantitative estimate of drug-likeness (QED) is 0.389. The van der Waals surface area contributed by atoms with Crippen molar-refractivity contribution in [3.8, 4) is 0 Å². The van der Waals surface area contributed by atoms with Crippen LogP contribution in [0.4, 0.5) is 0 Å². The molecular weight excluding hydrogens is 453 g/mol. The molecule has 0 aliphatic heterocycles. The number of carboxylic acid groups (broad SMARTS) is 1. The Kier molecular flexibility index (Phi) is 15.6. The van der Waals surface area contributed by atoms with Gasteiger partial charge in [0.05, 0.1) is 0 Å². The van der Waals surface area contributed by atoms with Gasteiger partial charge in [-0.3, -0.25) is 4.79 Å². The van der Waals surface area contributed by atoms with Gasteiger partial charge in [0, 0.05) is 6.42 Å². The standard InChI is InChI=1S/C8H16O2.C8H9.CH3O.Hg/c1-2-3-4-5-6-7-8(9)10;1-2-8-6-4-3-5-7-8;1-2;/h2-7H2,1H3,(H,9,10);3-7H,1-2H2;1H3;/q;;-1;+1. The predicted molar refractivity (Wildman–Crippen MR) is 83.0 cm³/mol. The molecule has 0 aliphatic rings. The number of carbonyl (C=O) groups is 1. The molecule has 1 N–H and O–H groups in total. The SMILES string of the molecule is CCCCCCCC(=O)O.C[O][Hg][CH2]Cc1ccccc1. The van der Waals surface area contributed by atoms with Crippen molar-refractivity contribution in [2.24, 2.45) is 0 Å². The molecule has 0 radical (unpaired) electrons. The summed E-state index contributed by atoms with van der Waals surface area (Å²) in [6.07, 6.45) is 7.10. The number of aliphatic carboxylic acids is 1. The Morgan fingerprint density at radius 1 is 1.14 bits per heavy atom. The molecule has 1 aromatic carbocycles. The van der Waals surface area contributed by atoms with E-state index in [1.165, 1.54) is 35.2 Å². The molecule has 0 saturated heterocycles. The molecule has 0 unspecified atom stereocenters. The molecular formula is C17H28HgO3. The Hall–Kier alpha value is -0.415. The van der Waals surface area contributed by atoms with E-state index in [0.29, 0.717) is 6.42 Å². The molecule has 0 bridgehead atoms. The van der Waals surface area contributed by atoms with E-state index >= 15 is 0 Å². The molecule has 0 saturated carbocycles. The number of rotatable bonds is 10. The third-order valence-corrected chi connectivity index (χ3v) is 7.23. The molecule has 1 aromatic rings. The number of carboxylic acids is 1. The van der Waals surface area contributed by atoms with Crippen LogP contribution in [0.15, 0.2) is 30.3 Å². The summed E-state index contributed by atoms with van der Waals surface area (Å²) in [6, 6.07) is 10.6. The average Bonchev–Trinajstić information content (AvgIpc) is 2.49. The predicted octanol–water partition coefficient (Wildman–Crippen LogP) is 4.72. The molecule has 0 atom stereocenters. The fourth-order valence-corrected chi connectivity index (χ4v) is 5.22. The van der Waals surface area contributed by atoms with Gasteiger partial charge in [-0.05, 0) is 6.42 Å². The van der Waals surface area contributed by atoms with Crippen LogP contribution in [0.5, 0.6) is 0 Å². The fourth-order valence-electron chi connectivity index (χ4n) is 1.95. The Morgan fingerprint density at radius 2 is 1.81 bits per heavy atom. The van der Waals surface area contributed by atoms with E-state index in [1.54, 1.807) is 0 Å². The Morgan fingerprint density at radius 3 is 2.38 bits per heavy atom. The van der Waals surface area contributed by atoms with Crippen LogP contribution in [0.2, 0.25) is 3.93 Å². The van der Waals surface area contributed by atoms with Crippen molar-refractivity contribution >= 4 is 5.97 Å². The summed E-state index contributed by atoms with van der Waals surface area (Å²) in [6.45, 7) is 2.15. The minimum atomic E-state index is -0.869. The Labute approximate surface area is 142 Å². The van der Waals surface area contributed by atoms with Gasteiger partial charge >= 0.3 is 87.0 Å². The van der Waals surface area contributed by atoms with E-state index in [9.17, 15) is 4.79 Å². The second-order valence-corrected chi connectivity index (χ2v) is 11.7. The molecule has 4 heteroatoms. The zero-order valence-electron chi connectivity index (χ0n) is 13.5. The monoisotopic (exact) mass is 482 g/mol. The van der Waals surface area contributed by atoms with E-state index in [2.05, 4.69) is 37.3 Å². The van der Waals surface area contributed by atoms with Crippen LogP contribution in [-0.2, 0) is 38.9 Å². The molecule has 0 aromatic heterocycles. The first kappa shape index (κ1) is 20.6. The summed E-state index contributed by atoms with van der Waals surface area (Å²) >= 11 is -0.869. The van der Waals surface area contributed by atoms with Crippen molar-refractivity contribution in [1.29, 1.82) is 0 Å². The maximum absolute atomic E-state index is 10.0. The van der Waals surface area contributed by atoms with Gasteiger partial charge in [-0.1, -0.05) is 32.6 Å². The van der Waals surface area contributed by atoms with Crippen molar-refractivity contribution in [2.45, 2.75) is 55.8 Å². The summed E-state index contributed by atoms with van der Waals surface area (Å²) in [7, 11) is 1.84. The second kappa shape index (κ2) is 16.0. The molecule has 0 fully saturated rings. The van der Waals surface area contributed by atoms with Gasteiger partial charge in [0.25, 0.3) is 0 Å². The van der Waals surface area contributed by atoms with Crippen molar-refractivity contribution in [2.75, 3.05) is 7.11 Å². The van der Waals surface area contributed by atoms with Gasteiger partial charge in [-0.25, -0.2) is 0 Å². The van der Waals surface area contributed by atoms with Crippen molar-refractivity contribution in [3.05, 3.63) is 35.9 Å². The number of benzene rings is 1. The molecule has 0 aliphatic carbocycles. The van der Waals surface area contributed by atoms with Crippen LogP contribution in [-0.4, -0.2) is 18.2 Å². The molecule has 116 valence electrons. The van der Waals surface area contributed by atoms with Gasteiger partial charge < -0.3 is 5.11 Å². The normalized spacial score (nSPS) is 9.43. The molecule has 0 spiro atoms. The molecule has 21 heavy (non-hydrogen) atoms. The second-order valence-electron chi connectivity index (χ2n) is 5.14. The van der Waals surface area contributed by atoms with Crippen LogP contribution in [0.25, 0.3) is 0 Å². The van der Waals surface area contributed by atoms with Crippen LogP contribution in [0, 0.1) is 0 Å². The third kappa shape index (κ3) is 15.8. The van der Waals surface area contributed by atoms with E-state index in [1.807, 2.05) is 7.11 Å². The van der Waals surface area contributed by atoms with E-state index in [-0.39, 0.29) is 0 Å². The molecule has 1 rings (SSSR count). The summed E-state index contributed by atoms with van der Waals surface area (Å²) in [4.78, 5) is 10.0. The van der Waals surface area contributed by atoms with Crippen LogP contribution < -0.4 is 0 Å². The first-order valence-electron chi connectivity index (χ1n) is 7.95. The minimum absolute atomic E-state index is 0.337. The molecule has 0 heterocycles. The zero-order chi connectivity index (χ0) is 15.8. The van der Waals surface area contributed by atoms with Crippen molar-refractivity contribution in [1.82, 2.24) is 0 Å². The zero-order valence-corrected chi connectivity index (χ0v) is 19.0. The maximum atomic E-state index is 10.0. The third-order valence-electron chi connectivity index (χ3n) is 3.15. The number of aryl methyl sites for hydroxylation is 1. The number of hydrogen-bond donors (Lipinski definition) is 1. The van der Waals surface area contributed by atoms with Crippen molar-refractivity contribution in [3.63, 3.8) is 0 Å². The molecule has 0 amide bonds. The summed E-state index contributed by atoms with van der Waals surface area (Å²) in [5, 5.41) is 8.27. The number of hydrogen-bond acceptors (Lipinski definition) is 2. The van der Waals surface area contributed by atoms with Gasteiger partial charge in [-0.15, -0.1) is 0 Å². The Balaban J connectivity index is 0.000000384. The van der Waals surface area contributed by atoms with Crippen LogP contribution >= 0.6 is 0 Å².